The van der Waals surface area contributed by atoms with E-state index in [2.05, 4.69) is 16.8 Å². The number of amides is 1. The molecule has 0 bridgehead atoms. The van der Waals surface area contributed by atoms with E-state index in [1.807, 2.05) is 0 Å². The van der Waals surface area contributed by atoms with Crippen LogP contribution < -0.4 is 5.84 Å². The maximum Gasteiger partial charge on any atom is 0.453 e. The molecule has 0 saturated carbocycles. The zero-order chi connectivity index (χ0) is 16.2. The molecule has 0 aliphatic heterocycles. The number of carbonyl (C=O) groups is 1. The molecule has 1 amide bonds. The lowest BCUT2D eigenvalue weighted by atomic mass is 10.3. The Bertz CT molecular complexity index is 528. The van der Waals surface area contributed by atoms with E-state index in [4.69, 9.17) is 5.84 Å². The summed E-state index contributed by atoms with van der Waals surface area (Å²) < 4.78 is 37.8. The van der Waals surface area contributed by atoms with Gasteiger partial charge < -0.3 is 10.7 Å². The van der Waals surface area contributed by atoms with E-state index in [1.165, 1.54) is 4.90 Å². The van der Waals surface area contributed by atoms with Crippen molar-refractivity contribution < 1.29 is 18.0 Å². The minimum Gasteiger partial charge on any atom is -0.338 e. The number of rotatable bonds is 6. The van der Waals surface area contributed by atoms with Gasteiger partial charge in [0.1, 0.15) is 0 Å². The van der Waals surface area contributed by atoms with Crippen molar-refractivity contribution in [3.05, 3.63) is 18.0 Å². The van der Waals surface area contributed by atoms with E-state index < -0.39 is 12.0 Å². The molecule has 2 N–H and O–H groups in total. The molecule has 1 heterocycles. The molecule has 0 aliphatic carbocycles. The van der Waals surface area contributed by atoms with Gasteiger partial charge in [-0.3, -0.25) is 4.79 Å². The van der Waals surface area contributed by atoms with Crippen molar-refractivity contribution in [2.24, 2.45) is 0 Å². The van der Waals surface area contributed by atoms with Gasteiger partial charge in [-0.05, 0) is 13.8 Å². The van der Waals surface area contributed by atoms with Gasteiger partial charge in [-0.2, -0.15) is 13.2 Å². The third kappa shape index (κ3) is 4.66. The molecular weight excluding hydrogens is 307 g/mol. The Hall–Kier alpha value is -1.71. The Labute approximate surface area is 124 Å². The van der Waals surface area contributed by atoms with Gasteiger partial charge >= 0.3 is 6.18 Å². The third-order valence-electron chi connectivity index (χ3n) is 2.44. The number of alkyl halides is 3. The molecule has 1 aromatic heterocycles. The average molecular weight is 323 g/mol. The van der Waals surface area contributed by atoms with Crippen LogP contribution in [-0.4, -0.2) is 44.5 Å². The summed E-state index contributed by atoms with van der Waals surface area (Å²) in [7, 11) is 0. The van der Waals surface area contributed by atoms with E-state index in [-0.39, 0.29) is 16.8 Å². The first-order valence-corrected chi connectivity index (χ1v) is 6.98. The minimum atomic E-state index is -4.68. The fourth-order valence-electron chi connectivity index (χ4n) is 1.49. The largest absolute Gasteiger partial charge is 0.453 e. The number of halogens is 3. The standard InChI is InChI=1S/C11H16F3N5OS/c1-4-18(5-7(2)3)8(20)6-21-10-17-16-9(19(10)15)11(12,13)14/h2,4-6,15H2,1,3H3. The lowest BCUT2D eigenvalue weighted by molar-refractivity contribution is -0.146. The number of thioether (sulfide) groups is 1. The van der Waals surface area contributed by atoms with E-state index >= 15 is 0 Å². The fourth-order valence-corrected chi connectivity index (χ4v) is 2.25. The molecule has 21 heavy (non-hydrogen) atoms. The number of hydrogen-bond acceptors (Lipinski definition) is 5. The Morgan fingerprint density at radius 2 is 2.10 bits per heavy atom. The second-order valence-electron chi connectivity index (χ2n) is 4.33. The topological polar surface area (TPSA) is 77.0 Å². The molecule has 0 radical (unpaired) electrons. The smallest absolute Gasteiger partial charge is 0.338 e. The van der Waals surface area contributed by atoms with E-state index in [1.54, 1.807) is 13.8 Å². The molecular formula is C11H16F3N5OS. The van der Waals surface area contributed by atoms with Gasteiger partial charge in [0.25, 0.3) is 5.82 Å². The number of nitrogens with zero attached hydrogens (tertiary/aromatic N) is 4. The Balaban J connectivity index is 2.69. The first kappa shape index (κ1) is 17.3. The monoisotopic (exact) mass is 323 g/mol. The number of likely N-dealkylation sites (N-methyl/N-ethyl adjacent to an activating group) is 1. The van der Waals surface area contributed by atoms with Crippen LogP contribution in [0.4, 0.5) is 13.2 Å². The molecule has 0 atom stereocenters. The van der Waals surface area contributed by atoms with Crippen LogP contribution in [0.25, 0.3) is 0 Å². The van der Waals surface area contributed by atoms with Crippen LogP contribution in [0, 0.1) is 0 Å². The first-order chi connectivity index (χ1) is 9.66. The Kier molecular flexibility index (Phi) is 5.64. The molecule has 10 heteroatoms. The summed E-state index contributed by atoms with van der Waals surface area (Å²) >= 11 is 0.806. The third-order valence-corrected chi connectivity index (χ3v) is 3.37. The van der Waals surface area contributed by atoms with Crippen molar-refractivity contribution in [3.8, 4) is 0 Å². The molecule has 0 unspecified atom stereocenters. The maximum absolute atomic E-state index is 12.5. The van der Waals surface area contributed by atoms with Gasteiger partial charge in [0.15, 0.2) is 0 Å². The first-order valence-electron chi connectivity index (χ1n) is 5.99. The van der Waals surface area contributed by atoms with Crippen LogP contribution in [0.5, 0.6) is 0 Å². The predicted molar refractivity (Wildman–Crippen MR) is 73.0 cm³/mol. The van der Waals surface area contributed by atoms with Gasteiger partial charge in [0.2, 0.25) is 11.1 Å². The van der Waals surface area contributed by atoms with Crippen molar-refractivity contribution in [3.63, 3.8) is 0 Å². The fraction of sp³-hybridized carbons (Fsp3) is 0.545. The van der Waals surface area contributed by atoms with Crippen molar-refractivity contribution in [2.75, 3.05) is 24.7 Å². The van der Waals surface area contributed by atoms with Crippen molar-refractivity contribution in [1.29, 1.82) is 0 Å². The number of nitrogens with two attached hydrogens (primary N) is 1. The van der Waals surface area contributed by atoms with Crippen LogP contribution in [0.15, 0.2) is 17.3 Å². The van der Waals surface area contributed by atoms with Gasteiger partial charge in [-0.25, -0.2) is 4.68 Å². The Morgan fingerprint density at radius 3 is 2.52 bits per heavy atom. The second-order valence-corrected chi connectivity index (χ2v) is 5.27. The average Bonchev–Trinajstić information content (AvgIpc) is 2.74. The van der Waals surface area contributed by atoms with E-state index in [9.17, 15) is 18.0 Å². The van der Waals surface area contributed by atoms with Crippen molar-refractivity contribution >= 4 is 17.7 Å². The quantitative estimate of drug-likeness (QED) is 0.488. The van der Waals surface area contributed by atoms with Gasteiger partial charge in [0, 0.05) is 13.1 Å². The van der Waals surface area contributed by atoms with Gasteiger partial charge in [-0.15, -0.1) is 10.2 Å². The zero-order valence-corrected chi connectivity index (χ0v) is 12.5. The maximum atomic E-state index is 12.5. The van der Waals surface area contributed by atoms with Gasteiger partial charge in [0.05, 0.1) is 5.75 Å². The second kappa shape index (κ2) is 6.83. The normalized spacial score (nSPS) is 11.5. The Morgan fingerprint density at radius 1 is 1.48 bits per heavy atom. The van der Waals surface area contributed by atoms with E-state index in [0.29, 0.717) is 17.8 Å². The molecule has 1 aromatic rings. The molecule has 0 spiro atoms. The summed E-state index contributed by atoms with van der Waals surface area (Å²) in [4.78, 5) is 13.5. The summed E-state index contributed by atoms with van der Waals surface area (Å²) in [5.41, 5.74) is 0.816. The summed E-state index contributed by atoms with van der Waals surface area (Å²) in [5.74, 6) is 3.67. The summed E-state index contributed by atoms with van der Waals surface area (Å²) in [6, 6.07) is 0. The molecule has 0 aliphatic rings. The number of hydrogen-bond donors (Lipinski definition) is 1. The van der Waals surface area contributed by atoms with Crippen LogP contribution in [0.1, 0.15) is 19.7 Å². The van der Waals surface area contributed by atoms with Crippen molar-refractivity contribution in [1.82, 2.24) is 19.8 Å². The molecule has 118 valence electrons. The van der Waals surface area contributed by atoms with Crippen LogP contribution in [-0.2, 0) is 11.0 Å². The van der Waals surface area contributed by atoms with Gasteiger partial charge in [-0.1, -0.05) is 23.9 Å². The highest BCUT2D eigenvalue weighted by Gasteiger charge is 2.38. The number of nitrogen functional groups attached to an aromatic ring is 1. The summed E-state index contributed by atoms with van der Waals surface area (Å²) in [5, 5.41) is 6.16. The molecule has 0 fully saturated rings. The van der Waals surface area contributed by atoms with Crippen LogP contribution in [0.3, 0.4) is 0 Å². The van der Waals surface area contributed by atoms with Crippen LogP contribution in [0.2, 0.25) is 0 Å². The number of aromatic nitrogens is 3. The molecule has 0 saturated heterocycles. The highest BCUT2D eigenvalue weighted by atomic mass is 32.2. The lowest BCUT2D eigenvalue weighted by Gasteiger charge is -2.20. The zero-order valence-electron chi connectivity index (χ0n) is 11.6. The molecule has 6 nitrogen and oxygen atoms in total. The van der Waals surface area contributed by atoms with Crippen LogP contribution >= 0.6 is 11.8 Å². The molecule has 1 rings (SSSR count). The number of carbonyl (C=O) groups excluding carboxylic acids is 1. The summed E-state index contributed by atoms with van der Waals surface area (Å²) in [6.45, 7) is 8.19. The highest BCUT2D eigenvalue weighted by molar-refractivity contribution is 7.99. The van der Waals surface area contributed by atoms with Crippen molar-refractivity contribution in [2.45, 2.75) is 25.2 Å². The molecule has 0 aromatic carbocycles. The highest BCUT2D eigenvalue weighted by Crippen LogP contribution is 2.28. The lowest BCUT2D eigenvalue weighted by Crippen LogP contribution is -2.33. The summed E-state index contributed by atoms with van der Waals surface area (Å²) in [6.07, 6.45) is -4.68. The minimum absolute atomic E-state index is 0.0751. The SMILES string of the molecule is C=C(C)CN(CC)C(=O)CSc1nnc(C(F)(F)F)n1N. The van der Waals surface area contributed by atoms with E-state index in [0.717, 1.165) is 17.3 Å². The predicted octanol–water partition coefficient (Wildman–Crippen LogP) is 1.53.